The quantitative estimate of drug-likeness (QED) is 0.248. The fourth-order valence-electron chi connectivity index (χ4n) is 3.17. The van der Waals surface area contributed by atoms with Crippen molar-refractivity contribution in [2.24, 2.45) is 0 Å². The van der Waals surface area contributed by atoms with Crippen molar-refractivity contribution < 1.29 is 4.57 Å². The number of pyridine rings is 1. The third-order valence-corrected chi connectivity index (χ3v) is 4.83. The van der Waals surface area contributed by atoms with Crippen molar-refractivity contribution in [3.05, 3.63) is 30.1 Å². The molecule has 0 bridgehead atoms. The maximum atomic E-state index is 2.31. The Kier molecular flexibility index (Phi) is 12.9. The van der Waals surface area contributed by atoms with E-state index in [2.05, 4.69) is 42.9 Å². The highest BCUT2D eigenvalue weighted by atomic mass is 14.9. The predicted octanol–water partition coefficient (Wildman–Crippen LogP) is 6.76. The van der Waals surface area contributed by atoms with E-state index in [4.69, 9.17) is 0 Å². The smallest absolute Gasteiger partial charge is 0.169 e. The van der Waals surface area contributed by atoms with Crippen molar-refractivity contribution in [2.75, 3.05) is 0 Å². The zero-order valence-electron chi connectivity index (χ0n) is 15.9. The summed E-state index contributed by atoms with van der Waals surface area (Å²) >= 11 is 0. The Labute approximate surface area is 145 Å². The lowest BCUT2D eigenvalue weighted by molar-refractivity contribution is -0.697. The summed E-state index contributed by atoms with van der Waals surface area (Å²) < 4.78 is 2.31. The molecule has 0 saturated heterocycles. The monoisotopic (exact) mass is 318 g/mol. The number of hydrogen-bond acceptors (Lipinski definition) is 0. The zero-order valence-corrected chi connectivity index (χ0v) is 15.9. The standard InChI is InChI=1S/C22H40N/c1-3-4-5-6-7-8-9-10-11-12-13-14-15-16-19-23-20-17-22(2)18-21-23/h17-18,20-21H,3-16,19H2,1-2H3/q+1. The highest BCUT2D eigenvalue weighted by Crippen LogP contribution is 2.12. The van der Waals surface area contributed by atoms with Gasteiger partial charge < -0.3 is 0 Å². The molecule has 0 spiro atoms. The first-order valence-electron chi connectivity index (χ1n) is 10.3. The Morgan fingerprint density at radius 1 is 0.609 bits per heavy atom. The van der Waals surface area contributed by atoms with E-state index in [0.717, 1.165) is 0 Å². The number of unbranched alkanes of at least 4 members (excludes halogenated alkanes) is 13. The molecule has 0 aliphatic heterocycles. The van der Waals surface area contributed by atoms with Gasteiger partial charge in [0.2, 0.25) is 0 Å². The van der Waals surface area contributed by atoms with Gasteiger partial charge in [0, 0.05) is 18.6 Å². The van der Waals surface area contributed by atoms with E-state index in [-0.39, 0.29) is 0 Å². The van der Waals surface area contributed by atoms with Gasteiger partial charge in [0.15, 0.2) is 12.4 Å². The molecule has 0 fully saturated rings. The van der Waals surface area contributed by atoms with Crippen LogP contribution in [0.1, 0.15) is 102 Å². The molecule has 0 aromatic carbocycles. The number of aromatic nitrogens is 1. The lowest BCUT2D eigenvalue weighted by Gasteiger charge is -2.03. The maximum absolute atomic E-state index is 2.31. The van der Waals surface area contributed by atoms with Gasteiger partial charge in [-0.25, -0.2) is 4.57 Å². The van der Waals surface area contributed by atoms with Gasteiger partial charge in [-0.05, 0) is 18.9 Å². The molecule has 1 heteroatoms. The predicted molar refractivity (Wildman–Crippen MR) is 102 cm³/mol. The zero-order chi connectivity index (χ0) is 16.6. The van der Waals surface area contributed by atoms with Crippen LogP contribution in [-0.2, 0) is 6.54 Å². The van der Waals surface area contributed by atoms with Gasteiger partial charge in [-0.2, -0.15) is 0 Å². The molecule has 1 nitrogen and oxygen atoms in total. The Hall–Kier alpha value is -0.850. The van der Waals surface area contributed by atoms with Crippen LogP contribution in [0.15, 0.2) is 24.5 Å². The fourth-order valence-corrected chi connectivity index (χ4v) is 3.17. The van der Waals surface area contributed by atoms with Gasteiger partial charge in [0.1, 0.15) is 6.54 Å². The van der Waals surface area contributed by atoms with E-state index in [9.17, 15) is 0 Å². The van der Waals surface area contributed by atoms with Crippen LogP contribution in [0, 0.1) is 6.92 Å². The number of rotatable bonds is 15. The van der Waals surface area contributed by atoms with E-state index in [1.165, 1.54) is 102 Å². The van der Waals surface area contributed by atoms with E-state index < -0.39 is 0 Å². The SMILES string of the molecule is CCCCCCCCCCCCCCCC[n+]1ccc(C)cc1. The summed E-state index contributed by atoms with van der Waals surface area (Å²) in [4.78, 5) is 0. The number of nitrogens with zero attached hydrogens (tertiary/aromatic N) is 1. The third-order valence-electron chi connectivity index (χ3n) is 4.83. The molecular formula is C22H40N+. The first kappa shape index (κ1) is 20.2. The fraction of sp³-hybridized carbons (Fsp3) is 0.773. The van der Waals surface area contributed by atoms with Crippen LogP contribution in [0.5, 0.6) is 0 Å². The molecule has 132 valence electrons. The Balaban J connectivity index is 1.77. The summed E-state index contributed by atoms with van der Waals surface area (Å²) in [5, 5.41) is 0. The lowest BCUT2D eigenvalue weighted by atomic mass is 10.0. The van der Waals surface area contributed by atoms with Gasteiger partial charge in [-0.1, -0.05) is 84.0 Å². The van der Waals surface area contributed by atoms with Gasteiger partial charge in [0.25, 0.3) is 0 Å². The van der Waals surface area contributed by atoms with Crippen molar-refractivity contribution in [1.29, 1.82) is 0 Å². The first-order valence-corrected chi connectivity index (χ1v) is 10.3. The van der Waals surface area contributed by atoms with Crippen molar-refractivity contribution in [3.8, 4) is 0 Å². The van der Waals surface area contributed by atoms with Crippen LogP contribution in [0.2, 0.25) is 0 Å². The largest absolute Gasteiger partial charge is 0.205 e. The minimum atomic E-state index is 1.18. The molecule has 0 radical (unpaired) electrons. The normalized spacial score (nSPS) is 11.0. The van der Waals surface area contributed by atoms with E-state index in [0.29, 0.717) is 0 Å². The minimum Gasteiger partial charge on any atom is -0.205 e. The van der Waals surface area contributed by atoms with Gasteiger partial charge in [-0.3, -0.25) is 0 Å². The highest BCUT2D eigenvalue weighted by Gasteiger charge is 1.99. The van der Waals surface area contributed by atoms with Crippen molar-refractivity contribution in [1.82, 2.24) is 0 Å². The second-order valence-corrected chi connectivity index (χ2v) is 7.21. The topological polar surface area (TPSA) is 3.88 Å². The summed E-state index contributed by atoms with van der Waals surface area (Å²) in [5.74, 6) is 0. The van der Waals surface area contributed by atoms with Gasteiger partial charge in [0.05, 0.1) is 0 Å². The van der Waals surface area contributed by atoms with Crippen LogP contribution >= 0.6 is 0 Å². The molecule has 0 amide bonds. The van der Waals surface area contributed by atoms with Gasteiger partial charge in [-0.15, -0.1) is 0 Å². The number of aryl methyl sites for hydroxylation is 2. The van der Waals surface area contributed by atoms with E-state index >= 15 is 0 Å². The summed E-state index contributed by atoms with van der Waals surface area (Å²) in [7, 11) is 0. The summed E-state index contributed by atoms with van der Waals surface area (Å²) in [6, 6.07) is 4.40. The van der Waals surface area contributed by atoms with Crippen LogP contribution in [-0.4, -0.2) is 0 Å². The summed E-state index contributed by atoms with van der Waals surface area (Å²) in [6.07, 6.45) is 24.5. The summed E-state index contributed by atoms with van der Waals surface area (Å²) in [5.41, 5.74) is 1.35. The van der Waals surface area contributed by atoms with Crippen molar-refractivity contribution in [2.45, 2.75) is 110 Å². The molecule has 0 unspecified atom stereocenters. The molecule has 23 heavy (non-hydrogen) atoms. The first-order chi connectivity index (χ1) is 11.3. The molecule has 1 aromatic rings. The molecular weight excluding hydrogens is 278 g/mol. The molecule has 1 aromatic heterocycles. The molecule has 0 atom stereocenters. The van der Waals surface area contributed by atoms with E-state index in [1.807, 2.05) is 0 Å². The molecule has 0 N–H and O–H groups in total. The Morgan fingerprint density at radius 3 is 1.43 bits per heavy atom. The van der Waals surface area contributed by atoms with Crippen LogP contribution < -0.4 is 4.57 Å². The molecule has 0 aliphatic rings. The average Bonchev–Trinajstić information content (AvgIpc) is 2.57. The second kappa shape index (κ2) is 14.7. The highest BCUT2D eigenvalue weighted by molar-refractivity contribution is 5.03. The van der Waals surface area contributed by atoms with Crippen molar-refractivity contribution >= 4 is 0 Å². The van der Waals surface area contributed by atoms with Crippen LogP contribution in [0.3, 0.4) is 0 Å². The molecule has 0 aliphatic carbocycles. The van der Waals surface area contributed by atoms with Gasteiger partial charge >= 0.3 is 0 Å². The molecule has 1 rings (SSSR count). The second-order valence-electron chi connectivity index (χ2n) is 7.21. The Morgan fingerprint density at radius 2 is 1.00 bits per heavy atom. The number of hydrogen-bond donors (Lipinski definition) is 0. The average molecular weight is 319 g/mol. The maximum Gasteiger partial charge on any atom is 0.169 e. The summed E-state index contributed by atoms with van der Waals surface area (Å²) in [6.45, 7) is 5.62. The molecule has 1 heterocycles. The van der Waals surface area contributed by atoms with E-state index in [1.54, 1.807) is 0 Å². The minimum absolute atomic E-state index is 1.18. The van der Waals surface area contributed by atoms with Crippen molar-refractivity contribution in [3.63, 3.8) is 0 Å². The molecule has 0 saturated carbocycles. The van der Waals surface area contributed by atoms with Crippen LogP contribution in [0.4, 0.5) is 0 Å². The third kappa shape index (κ3) is 12.3. The Bertz CT molecular complexity index is 355. The van der Waals surface area contributed by atoms with Crippen LogP contribution in [0.25, 0.3) is 0 Å². The lowest BCUT2D eigenvalue weighted by Crippen LogP contribution is -2.32.